The summed E-state index contributed by atoms with van der Waals surface area (Å²) < 4.78 is 28.7. The maximum Gasteiger partial charge on any atom is 0.224 e. The second kappa shape index (κ2) is 8.59. The first-order valence-electron chi connectivity index (χ1n) is 7.65. The molecule has 24 heavy (non-hydrogen) atoms. The summed E-state index contributed by atoms with van der Waals surface area (Å²) in [5.41, 5.74) is 0.338. The monoisotopic (exact) mass is 376 g/mol. The van der Waals surface area contributed by atoms with E-state index in [1.807, 2.05) is 11.8 Å². The Kier molecular flexibility index (Phi) is 6.76. The topological polar surface area (TPSA) is 101 Å². The predicted molar refractivity (Wildman–Crippen MR) is 91.0 cm³/mol. The first kappa shape index (κ1) is 18.9. The Labute approximate surface area is 147 Å². The van der Waals surface area contributed by atoms with E-state index in [9.17, 15) is 13.2 Å². The molecule has 1 amide bonds. The summed E-state index contributed by atoms with van der Waals surface area (Å²) in [6.45, 7) is 5.41. The molecule has 1 unspecified atom stereocenters. The first-order chi connectivity index (χ1) is 11.4. The van der Waals surface area contributed by atoms with Crippen molar-refractivity contribution in [2.75, 3.05) is 31.2 Å². The van der Waals surface area contributed by atoms with Gasteiger partial charge in [-0.25, -0.2) is 18.4 Å². The van der Waals surface area contributed by atoms with Gasteiger partial charge in [0.25, 0.3) is 0 Å². The van der Waals surface area contributed by atoms with E-state index < -0.39 is 16.0 Å². The molecule has 1 aliphatic heterocycles. The maximum absolute atomic E-state index is 11.6. The van der Waals surface area contributed by atoms with Crippen molar-refractivity contribution in [3.05, 3.63) is 17.0 Å². The Morgan fingerprint density at radius 3 is 2.92 bits per heavy atom. The van der Waals surface area contributed by atoms with Crippen LogP contribution < -0.4 is 10.2 Å². The number of carbonyl (C=O) groups is 1. The van der Waals surface area contributed by atoms with Gasteiger partial charge in [-0.1, -0.05) is 0 Å². The van der Waals surface area contributed by atoms with Crippen LogP contribution in [-0.2, 0) is 20.2 Å². The molecule has 0 aromatic carbocycles. The number of hydrogen-bond acceptors (Lipinski definition) is 7. The third-order valence-corrected chi connectivity index (χ3v) is 4.96. The van der Waals surface area contributed by atoms with Crippen molar-refractivity contribution in [1.82, 2.24) is 15.3 Å². The van der Waals surface area contributed by atoms with Crippen molar-refractivity contribution < 1.29 is 17.9 Å². The van der Waals surface area contributed by atoms with E-state index in [-0.39, 0.29) is 30.2 Å². The van der Waals surface area contributed by atoms with Crippen molar-refractivity contribution in [2.45, 2.75) is 31.6 Å². The van der Waals surface area contributed by atoms with Crippen molar-refractivity contribution >= 4 is 34.0 Å². The van der Waals surface area contributed by atoms with Crippen molar-refractivity contribution in [1.29, 1.82) is 0 Å². The number of ether oxygens (including phenoxy) is 1. The van der Waals surface area contributed by atoms with Crippen LogP contribution in [0.5, 0.6) is 0 Å². The molecule has 10 heteroatoms. The van der Waals surface area contributed by atoms with Crippen LogP contribution in [0.3, 0.4) is 0 Å². The molecule has 2 rings (SSSR count). The summed E-state index contributed by atoms with van der Waals surface area (Å²) >= 11 is 6.00. The zero-order chi connectivity index (χ0) is 17.7. The van der Waals surface area contributed by atoms with Gasteiger partial charge in [0.2, 0.25) is 11.2 Å². The third-order valence-electron chi connectivity index (χ3n) is 3.75. The van der Waals surface area contributed by atoms with Crippen LogP contribution in [0, 0.1) is 0 Å². The highest BCUT2D eigenvalue weighted by Crippen LogP contribution is 2.25. The van der Waals surface area contributed by atoms with Gasteiger partial charge in [-0.05, 0) is 24.9 Å². The number of thiol groups is 1. The van der Waals surface area contributed by atoms with Gasteiger partial charge < -0.3 is 15.0 Å². The van der Waals surface area contributed by atoms with Crippen molar-refractivity contribution in [3.8, 4) is 0 Å². The average Bonchev–Trinajstić information content (AvgIpc) is 2.50. The number of hydrogen-bond donors (Lipinski definition) is 2. The van der Waals surface area contributed by atoms with Crippen LogP contribution in [0.1, 0.15) is 31.2 Å². The SMILES string of the molecule is CC(=O)NCCC(c1cc(N2CCOC[C@@H]2C)nc(Cl)n1)[SH](=O)=O. The van der Waals surface area contributed by atoms with Crippen LogP contribution in [-0.4, -0.2) is 56.6 Å². The van der Waals surface area contributed by atoms with Gasteiger partial charge in [-0.2, -0.15) is 0 Å². The van der Waals surface area contributed by atoms with Gasteiger partial charge in [0.05, 0.1) is 24.9 Å². The minimum atomic E-state index is -2.77. The first-order valence-corrected chi connectivity index (χ1v) is 9.27. The van der Waals surface area contributed by atoms with E-state index in [2.05, 4.69) is 15.3 Å². The minimum Gasteiger partial charge on any atom is -0.377 e. The normalized spacial score (nSPS) is 19.3. The Morgan fingerprint density at radius 2 is 2.29 bits per heavy atom. The maximum atomic E-state index is 11.6. The number of aromatic nitrogens is 2. The Morgan fingerprint density at radius 1 is 1.54 bits per heavy atom. The van der Waals surface area contributed by atoms with Gasteiger partial charge in [0, 0.05) is 26.1 Å². The van der Waals surface area contributed by atoms with E-state index in [1.54, 1.807) is 6.07 Å². The highest BCUT2D eigenvalue weighted by Gasteiger charge is 2.24. The summed E-state index contributed by atoms with van der Waals surface area (Å²) in [4.78, 5) is 21.3. The minimum absolute atomic E-state index is 0.00238. The number of carbonyl (C=O) groups excluding carboxylic acids is 1. The molecule has 1 saturated heterocycles. The molecule has 1 aromatic rings. The van der Waals surface area contributed by atoms with E-state index in [0.29, 0.717) is 31.3 Å². The van der Waals surface area contributed by atoms with Gasteiger partial charge >= 0.3 is 0 Å². The quantitative estimate of drug-likeness (QED) is 0.551. The smallest absolute Gasteiger partial charge is 0.224 e. The number of anilines is 1. The molecule has 8 nitrogen and oxygen atoms in total. The van der Waals surface area contributed by atoms with E-state index >= 15 is 0 Å². The van der Waals surface area contributed by atoms with Gasteiger partial charge in [0.15, 0.2) is 0 Å². The second-order valence-corrected chi connectivity index (χ2v) is 7.14. The summed E-state index contributed by atoms with van der Waals surface area (Å²) in [5.74, 6) is 0.376. The molecule has 0 aliphatic carbocycles. The molecule has 134 valence electrons. The summed E-state index contributed by atoms with van der Waals surface area (Å²) in [7, 11) is -2.77. The fourth-order valence-electron chi connectivity index (χ4n) is 2.55. The average molecular weight is 377 g/mol. The molecule has 0 bridgehead atoms. The van der Waals surface area contributed by atoms with Gasteiger partial charge in [-0.3, -0.25) is 4.79 Å². The largest absolute Gasteiger partial charge is 0.377 e. The third kappa shape index (κ3) is 5.02. The molecule has 2 heterocycles. The Balaban J connectivity index is 2.25. The number of rotatable bonds is 6. The van der Waals surface area contributed by atoms with E-state index in [4.69, 9.17) is 16.3 Å². The van der Waals surface area contributed by atoms with Crippen LogP contribution >= 0.6 is 11.6 Å². The lowest BCUT2D eigenvalue weighted by Crippen LogP contribution is -2.44. The molecule has 0 saturated carbocycles. The molecule has 1 aliphatic rings. The lowest BCUT2D eigenvalue weighted by Gasteiger charge is -2.34. The number of nitrogens with one attached hydrogen (secondary N) is 1. The van der Waals surface area contributed by atoms with Gasteiger partial charge in [0.1, 0.15) is 21.8 Å². The second-order valence-electron chi connectivity index (χ2n) is 5.61. The summed E-state index contributed by atoms with van der Waals surface area (Å²) in [6.07, 6.45) is 0.226. The fourth-order valence-corrected chi connectivity index (χ4v) is 3.43. The van der Waals surface area contributed by atoms with E-state index in [0.717, 1.165) is 0 Å². The molecule has 0 radical (unpaired) electrons. The Bertz CT molecular complexity index is 662. The molecule has 1 N–H and O–H groups in total. The number of amides is 1. The van der Waals surface area contributed by atoms with E-state index in [1.165, 1.54) is 6.92 Å². The molecular weight excluding hydrogens is 356 g/mol. The lowest BCUT2D eigenvalue weighted by molar-refractivity contribution is -0.118. The Hall–Kier alpha value is -1.45. The lowest BCUT2D eigenvalue weighted by atomic mass is 10.2. The number of morpholine rings is 1. The summed E-state index contributed by atoms with van der Waals surface area (Å²) in [6, 6.07) is 1.76. The van der Waals surface area contributed by atoms with Crippen molar-refractivity contribution in [2.24, 2.45) is 0 Å². The molecule has 1 aromatic heterocycles. The van der Waals surface area contributed by atoms with Crippen LogP contribution in [0.2, 0.25) is 5.28 Å². The fraction of sp³-hybridized carbons (Fsp3) is 0.643. The van der Waals surface area contributed by atoms with Crippen LogP contribution in [0.4, 0.5) is 5.82 Å². The van der Waals surface area contributed by atoms with Crippen LogP contribution in [0.25, 0.3) is 0 Å². The number of nitrogens with zero attached hydrogens (tertiary/aromatic N) is 3. The summed E-state index contributed by atoms with van der Waals surface area (Å²) in [5, 5.41) is 1.76. The zero-order valence-electron chi connectivity index (χ0n) is 13.6. The molecule has 2 atom stereocenters. The van der Waals surface area contributed by atoms with Crippen molar-refractivity contribution in [3.63, 3.8) is 0 Å². The highest BCUT2D eigenvalue weighted by molar-refractivity contribution is 7.72. The van der Waals surface area contributed by atoms with Crippen LogP contribution in [0.15, 0.2) is 6.07 Å². The molecule has 1 fully saturated rings. The predicted octanol–water partition coefficient (Wildman–Crippen LogP) is 0.534. The zero-order valence-corrected chi connectivity index (χ0v) is 15.2. The molecular formula is C14H21ClN4O4S. The standard InChI is InChI=1S/C14H21ClN4O4S/c1-9-8-23-6-5-19(9)13-7-11(17-14(15)18-13)12(24(21)22)3-4-16-10(2)20/h7,9,12,24H,3-6,8H2,1-2H3,(H,16,20)/t9-,12?/m0/s1. The number of halogens is 1. The van der Waals surface area contributed by atoms with Gasteiger partial charge in [-0.15, -0.1) is 0 Å². The molecule has 0 spiro atoms. The highest BCUT2D eigenvalue weighted by atomic mass is 35.5.